The molecule has 1 aromatic carbocycles. The van der Waals surface area contributed by atoms with Crippen molar-refractivity contribution in [3.63, 3.8) is 0 Å². The maximum absolute atomic E-state index is 12.8. The Morgan fingerprint density at radius 1 is 1.21 bits per heavy atom. The summed E-state index contributed by atoms with van der Waals surface area (Å²) in [7, 11) is 1.64. The van der Waals surface area contributed by atoms with Gasteiger partial charge in [0, 0.05) is 37.6 Å². The van der Waals surface area contributed by atoms with Crippen molar-refractivity contribution >= 4 is 16.7 Å². The summed E-state index contributed by atoms with van der Waals surface area (Å²) in [6.45, 7) is 1.58. The molecule has 0 radical (unpaired) electrons. The number of amides is 1. The van der Waals surface area contributed by atoms with Gasteiger partial charge in [-0.15, -0.1) is 0 Å². The molecule has 2 aromatic rings. The fourth-order valence-corrected chi connectivity index (χ4v) is 3.93. The minimum absolute atomic E-state index is 0.0978. The summed E-state index contributed by atoms with van der Waals surface area (Å²) in [6.07, 6.45) is 3.63. The van der Waals surface area contributed by atoms with Crippen LogP contribution in [0.15, 0.2) is 29.1 Å². The zero-order valence-electron chi connectivity index (χ0n) is 13.9. The van der Waals surface area contributed by atoms with E-state index in [4.69, 9.17) is 0 Å². The molecule has 3 heterocycles. The van der Waals surface area contributed by atoms with Crippen LogP contribution in [0.4, 0.5) is 0 Å². The van der Waals surface area contributed by atoms with E-state index >= 15 is 0 Å². The van der Waals surface area contributed by atoms with E-state index in [9.17, 15) is 9.59 Å². The number of aryl methyl sites for hydroxylation is 1. The SMILES string of the molecule is Cn1nc(CC(=O)N2CCC3CCC(C2)N3)c2ccccc2c1=O. The lowest BCUT2D eigenvalue weighted by Crippen LogP contribution is -2.40. The number of hydrogen-bond donors (Lipinski definition) is 1. The summed E-state index contributed by atoms with van der Waals surface area (Å²) in [5.74, 6) is 0.0978. The molecule has 0 aliphatic carbocycles. The minimum Gasteiger partial charge on any atom is -0.341 e. The van der Waals surface area contributed by atoms with Crippen molar-refractivity contribution in [1.29, 1.82) is 0 Å². The van der Waals surface area contributed by atoms with Gasteiger partial charge in [0.05, 0.1) is 17.5 Å². The number of nitrogens with zero attached hydrogens (tertiary/aromatic N) is 3. The topological polar surface area (TPSA) is 67.2 Å². The van der Waals surface area contributed by atoms with Gasteiger partial charge in [0.1, 0.15) is 0 Å². The molecule has 126 valence electrons. The van der Waals surface area contributed by atoms with Crippen molar-refractivity contribution < 1.29 is 4.79 Å². The first-order valence-corrected chi connectivity index (χ1v) is 8.60. The Balaban J connectivity index is 1.61. The van der Waals surface area contributed by atoms with Gasteiger partial charge in [0.2, 0.25) is 5.91 Å². The van der Waals surface area contributed by atoms with Crippen LogP contribution in [-0.2, 0) is 18.3 Å². The van der Waals surface area contributed by atoms with Gasteiger partial charge in [-0.1, -0.05) is 18.2 Å². The summed E-state index contributed by atoms with van der Waals surface area (Å²) < 4.78 is 1.33. The molecule has 0 spiro atoms. The van der Waals surface area contributed by atoms with Gasteiger partial charge in [-0.3, -0.25) is 9.59 Å². The monoisotopic (exact) mass is 326 g/mol. The van der Waals surface area contributed by atoms with E-state index in [1.54, 1.807) is 13.1 Å². The second-order valence-corrected chi connectivity index (χ2v) is 6.86. The van der Waals surface area contributed by atoms with Crippen LogP contribution in [-0.4, -0.2) is 45.8 Å². The van der Waals surface area contributed by atoms with E-state index in [2.05, 4.69) is 10.4 Å². The van der Waals surface area contributed by atoms with Gasteiger partial charge in [-0.25, -0.2) is 4.68 Å². The average Bonchev–Trinajstić information content (AvgIpc) is 2.91. The number of likely N-dealkylation sites (tertiary alicyclic amines) is 1. The maximum atomic E-state index is 12.8. The summed E-state index contributed by atoms with van der Waals surface area (Å²) in [4.78, 5) is 27.0. The fraction of sp³-hybridized carbons (Fsp3) is 0.500. The first-order valence-electron chi connectivity index (χ1n) is 8.60. The molecule has 2 atom stereocenters. The van der Waals surface area contributed by atoms with Crippen molar-refractivity contribution in [3.05, 3.63) is 40.3 Å². The number of hydrogen-bond acceptors (Lipinski definition) is 4. The first-order chi connectivity index (χ1) is 11.6. The zero-order chi connectivity index (χ0) is 16.7. The highest BCUT2D eigenvalue weighted by Gasteiger charge is 2.31. The standard InChI is InChI=1S/C18H22N4O2/c1-21-18(24)15-5-3-2-4-14(15)16(20-21)10-17(23)22-9-8-12-6-7-13(11-22)19-12/h2-5,12-13,19H,6-11H2,1H3. The largest absolute Gasteiger partial charge is 0.341 e. The van der Waals surface area contributed by atoms with E-state index in [0.717, 1.165) is 31.3 Å². The summed E-state index contributed by atoms with van der Waals surface area (Å²) in [6, 6.07) is 8.37. The number of carbonyl (C=O) groups is 1. The Morgan fingerprint density at radius 2 is 1.96 bits per heavy atom. The lowest BCUT2D eigenvalue weighted by atomic mass is 10.1. The number of nitrogens with one attached hydrogen (secondary N) is 1. The van der Waals surface area contributed by atoms with Crippen molar-refractivity contribution in [2.45, 2.75) is 37.8 Å². The number of benzene rings is 1. The predicted molar refractivity (Wildman–Crippen MR) is 91.8 cm³/mol. The second kappa shape index (κ2) is 6.02. The minimum atomic E-state index is -0.127. The van der Waals surface area contributed by atoms with Gasteiger partial charge >= 0.3 is 0 Å². The highest BCUT2D eigenvalue weighted by Crippen LogP contribution is 2.21. The molecule has 1 N–H and O–H groups in total. The molecule has 2 bridgehead atoms. The van der Waals surface area contributed by atoms with E-state index < -0.39 is 0 Å². The van der Waals surface area contributed by atoms with Gasteiger partial charge in [-0.2, -0.15) is 5.10 Å². The molecule has 1 amide bonds. The van der Waals surface area contributed by atoms with Gasteiger partial charge < -0.3 is 10.2 Å². The zero-order valence-corrected chi connectivity index (χ0v) is 13.9. The molecular weight excluding hydrogens is 304 g/mol. The summed E-state index contributed by atoms with van der Waals surface area (Å²) in [5.41, 5.74) is 0.554. The Morgan fingerprint density at radius 3 is 2.79 bits per heavy atom. The molecule has 0 saturated carbocycles. The van der Waals surface area contributed by atoms with Crippen LogP contribution in [0.3, 0.4) is 0 Å². The molecule has 2 aliphatic rings. The van der Waals surface area contributed by atoms with Crippen LogP contribution in [0.5, 0.6) is 0 Å². The average molecular weight is 326 g/mol. The quantitative estimate of drug-likeness (QED) is 0.888. The highest BCUT2D eigenvalue weighted by molar-refractivity contribution is 5.88. The van der Waals surface area contributed by atoms with Crippen molar-refractivity contribution in [2.75, 3.05) is 13.1 Å². The third kappa shape index (κ3) is 2.71. The third-order valence-electron chi connectivity index (χ3n) is 5.23. The van der Waals surface area contributed by atoms with Crippen LogP contribution in [0.25, 0.3) is 10.8 Å². The number of carbonyl (C=O) groups excluding carboxylic acids is 1. The summed E-state index contributed by atoms with van der Waals surface area (Å²) in [5, 5.41) is 9.34. The molecule has 2 unspecified atom stereocenters. The van der Waals surface area contributed by atoms with Crippen LogP contribution < -0.4 is 10.9 Å². The summed E-state index contributed by atoms with van der Waals surface area (Å²) >= 11 is 0. The van der Waals surface area contributed by atoms with Gasteiger partial charge in [-0.05, 0) is 25.3 Å². The molecule has 24 heavy (non-hydrogen) atoms. The molecule has 2 saturated heterocycles. The highest BCUT2D eigenvalue weighted by atomic mass is 16.2. The Bertz CT molecular complexity index is 845. The van der Waals surface area contributed by atoms with Crippen LogP contribution in [0.2, 0.25) is 0 Å². The van der Waals surface area contributed by atoms with Crippen LogP contribution >= 0.6 is 0 Å². The Kier molecular flexibility index (Phi) is 3.84. The molecule has 4 rings (SSSR count). The lowest BCUT2D eigenvalue weighted by Gasteiger charge is -2.24. The molecular formula is C18H22N4O2. The second-order valence-electron chi connectivity index (χ2n) is 6.86. The Labute approximate surface area is 140 Å². The predicted octanol–water partition coefficient (Wildman–Crippen LogP) is 0.829. The number of aromatic nitrogens is 2. The van der Waals surface area contributed by atoms with E-state index in [-0.39, 0.29) is 17.9 Å². The van der Waals surface area contributed by atoms with E-state index in [0.29, 0.717) is 23.2 Å². The molecule has 6 heteroatoms. The van der Waals surface area contributed by atoms with Gasteiger partial charge in [0.15, 0.2) is 0 Å². The number of rotatable bonds is 2. The van der Waals surface area contributed by atoms with Gasteiger partial charge in [0.25, 0.3) is 5.56 Å². The molecule has 2 aliphatic heterocycles. The van der Waals surface area contributed by atoms with Crippen molar-refractivity contribution in [3.8, 4) is 0 Å². The molecule has 6 nitrogen and oxygen atoms in total. The smallest absolute Gasteiger partial charge is 0.274 e. The van der Waals surface area contributed by atoms with Crippen molar-refractivity contribution in [1.82, 2.24) is 20.0 Å². The van der Waals surface area contributed by atoms with E-state index in [1.807, 2.05) is 23.1 Å². The normalized spacial score (nSPS) is 23.5. The number of fused-ring (bicyclic) bond motifs is 3. The molecule has 2 fully saturated rings. The first kappa shape index (κ1) is 15.3. The molecule has 1 aromatic heterocycles. The lowest BCUT2D eigenvalue weighted by molar-refractivity contribution is -0.130. The van der Waals surface area contributed by atoms with E-state index in [1.165, 1.54) is 11.1 Å². The maximum Gasteiger partial charge on any atom is 0.274 e. The Hall–Kier alpha value is -2.21. The van der Waals surface area contributed by atoms with Crippen LogP contribution in [0, 0.1) is 0 Å². The van der Waals surface area contributed by atoms with Crippen molar-refractivity contribution in [2.24, 2.45) is 7.05 Å². The third-order valence-corrected chi connectivity index (χ3v) is 5.23. The fourth-order valence-electron chi connectivity index (χ4n) is 3.93. The van der Waals surface area contributed by atoms with Crippen LogP contribution in [0.1, 0.15) is 25.0 Å².